The van der Waals surface area contributed by atoms with Crippen LogP contribution in [0, 0.1) is 0 Å². The van der Waals surface area contributed by atoms with E-state index in [4.69, 9.17) is 14.2 Å². The van der Waals surface area contributed by atoms with E-state index >= 15 is 0 Å². The summed E-state index contributed by atoms with van der Waals surface area (Å²) in [6.45, 7) is 4.50. The topological polar surface area (TPSA) is 85.9 Å². The fourth-order valence-corrected chi connectivity index (χ4v) is 4.07. The maximum Gasteiger partial charge on any atom is 0.255 e. The number of carbonyl (C=O) groups is 2. The van der Waals surface area contributed by atoms with Gasteiger partial charge in [-0.1, -0.05) is 30.3 Å². The molecule has 3 aromatic rings. The molecule has 8 heteroatoms. The number of amides is 2. The summed E-state index contributed by atoms with van der Waals surface area (Å²) in [5.74, 6) is 2.19. The third-order valence-electron chi connectivity index (χ3n) is 4.88. The molecule has 0 aliphatic carbocycles. The van der Waals surface area contributed by atoms with Gasteiger partial charge in [-0.25, -0.2) is 0 Å². The third-order valence-corrected chi connectivity index (χ3v) is 5.88. The molecule has 0 unspecified atom stereocenters. The first kappa shape index (κ1) is 26.0. The highest BCUT2D eigenvalue weighted by atomic mass is 32.2. The Bertz CT molecular complexity index is 1140. The molecule has 0 fully saturated rings. The Morgan fingerprint density at radius 2 is 1.49 bits per heavy atom. The van der Waals surface area contributed by atoms with Gasteiger partial charge in [-0.15, -0.1) is 11.8 Å². The van der Waals surface area contributed by atoms with E-state index in [1.54, 1.807) is 43.5 Å². The van der Waals surface area contributed by atoms with Gasteiger partial charge in [-0.05, 0) is 43.7 Å². The minimum atomic E-state index is -0.264. The number of methoxy groups -OCH3 is 1. The summed E-state index contributed by atoms with van der Waals surface area (Å²) in [4.78, 5) is 25.4. The molecule has 0 heterocycles. The van der Waals surface area contributed by atoms with Crippen LogP contribution in [0.15, 0.2) is 66.7 Å². The van der Waals surface area contributed by atoms with Crippen molar-refractivity contribution in [3.05, 3.63) is 77.9 Å². The number of benzene rings is 3. The highest BCUT2D eigenvalue weighted by molar-refractivity contribution is 7.99. The van der Waals surface area contributed by atoms with Crippen molar-refractivity contribution in [2.75, 3.05) is 36.7 Å². The van der Waals surface area contributed by atoms with E-state index in [2.05, 4.69) is 10.6 Å². The van der Waals surface area contributed by atoms with Gasteiger partial charge in [0.15, 0.2) is 0 Å². The average molecular weight is 495 g/mol. The van der Waals surface area contributed by atoms with Crippen LogP contribution in [-0.2, 0) is 10.5 Å². The smallest absolute Gasteiger partial charge is 0.255 e. The van der Waals surface area contributed by atoms with E-state index in [0.29, 0.717) is 47.4 Å². The number of anilines is 2. The fourth-order valence-electron chi connectivity index (χ4n) is 3.30. The Morgan fingerprint density at radius 1 is 0.829 bits per heavy atom. The van der Waals surface area contributed by atoms with Crippen LogP contribution in [0.2, 0.25) is 0 Å². The van der Waals surface area contributed by atoms with Crippen LogP contribution in [0.4, 0.5) is 11.4 Å². The molecular formula is C27H30N2O5S. The highest BCUT2D eigenvalue weighted by Gasteiger charge is 2.17. The second kappa shape index (κ2) is 13.3. The summed E-state index contributed by atoms with van der Waals surface area (Å²) in [5, 5.41) is 5.79. The van der Waals surface area contributed by atoms with Gasteiger partial charge in [0, 0.05) is 23.4 Å². The van der Waals surface area contributed by atoms with Gasteiger partial charge in [0.2, 0.25) is 5.91 Å². The van der Waals surface area contributed by atoms with Crippen molar-refractivity contribution in [2.24, 2.45) is 0 Å². The van der Waals surface area contributed by atoms with Gasteiger partial charge in [0.05, 0.1) is 37.5 Å². The summed E-state index contributed by atoms with van der Waals surface area (Å²) in [5.41, 5.74) is 2.56. The quantitative estimate of drug-likeness (QED) is 0.340. The normalized spacial score (nSPS) is 10.4. The number of hydrogen-bond donors (Lipinski definition) is 2. The minimum Gasteiger partial charge on any atom is -0.497 e. The first-order chi connectivity index (χ1) is 17.0. The van der Waals surface area contributed by atoms with Crippen LogP contribution in [0.25, 0.3) is 0 Å². The summed E-state index contributed by atoms with van der Waals surface area (Å²) < 4.78 is 16.8. The third kappa shape index (κ3) is 7.68. The molecule has 0 saturated carbocycles. The van der Waals surface area contributed by atoms with E-state index in [1.807, 2.05) is 44.2 Å². The Morgan fingerprint density at radius 3 is 2.11 bits per heavy atom. The largest absolute Gasteiger partial charge is 0.497 e. The molecule has 0 aromatic heterocycles. The SMILES string of the molecule is CCOc1cc(NC(=O)c2ccccc2)c(OCC)cc1NC(=O)CSCc1cccc(OC)c1. The Hall–Kier alpha value is -3.65. The van der Waals surface area contributed by atoms with Gasteiger partial charge < -0.3 is 24.8 Å². The lowest BCUT2D eigenvalue weighted by Crippen LogP contribution is -2.17. The van der Waals surface area contributed by atoms with Crippen LogP contribution in [0.3, 0.4) is 0 Å². The van der Waals surface area contributed by atoms with Crippen molar-refractivity contribution in [1.82, 2.24) is 0 Å². The zero-order valence-electron chi connectivity index (χ0n) is 20.1. The van der Waals surface area contributed by atoms with E-state index < -0.39 is 0 Å². The van der Waals surface area contributed by atoms with Crippen LogP contribution in [-0.4, -0.2) is 37.9 Å². The van der Waals surface area contributed by atoms with Gasteiger partial charge in [-0.2, -0.15) is 0 Å². The molecule has 0 spiro atoms. The van der Waals surface area contributed by atoms with Gasteiger partial charge >= 0.3 is 0 Å². The van der Waals surface area contributed by atoms with E-state index in [9.17, 15) is 9.59 Å². The van der Waals surface area contributed by atoms with E-state index in [0.717, 1.165) is 11.3 Å². The Kier molecular flexibility index (Phi) is 9.86. The molecule has 2 amide bonds. The highest BCUT2D eigenvalue weighted by Crippen LogP contribution is 2.37. The van der Waals surface area contributed by atoms with Crippen molar-refractivity contribution >= 4 is 35.0 Å². The van der Waals surface area contributed by atoms with Crippen molar-refractivity contribution in [2.45, 2.75) is 19.6 Å². The van der Waals surface area contributed by atoms with Crippen molar-refractivity contribution in [3.63, 3.8) is 0 Å². The van der Waals surface area contributed by atoms with Crippen molar-refractivity contribution in [1.29, 1.82) is 0 Å². The molecule has 0 saturated heterocycles. The second-order valence-corrected chi connectivity index (χ2v) is 8.41. The van der Waals surface area contributed by atoms with Crippen LogP contribution in [0.1, 0.15) is 29.8 Å². The molecule has 0 aliphatic rings. The standard InChI is InChI=1S/C27H30N2O5S/c1-4-33-24-16-23(29-27(31)20-11-7-6-8-12-20)25(34-5-2)15-22(24)28-26(30)18-35-17-19-10-9-13-21(14-19)32-3/h6-16H,4-5,17-18H2,1-3H3,(H,28,30)(H,29,31). The summed E-state index contributed by atoms with van der Waals surface area (Å²) in [6, 6.07) is 20.0. The van der Waals surface area contributed by atoms with Gasteiger partial charge in [0.25, 0.3) is 5.91 Å². The number of thioether (sulfide) groups is 1. The lowest BCUT2D eigenvalue weighted by atomic mass is 10.2. The molecule has 2 N–H and O–H groups in total. The summed E-state index contributed by atoms with van der Waals surface area (Å²) in [7, 11) is 1.63. The molecule has 0 aliphatic heterocycles. The number of hydrogen-bond acceptors (Lipinski definition) is 6. The first-order valence-corrected chi connectivity index (χ1v) is 12.5. The maximum atomic E-state index is 12.7. The predicted octanol–water partition coefficient (Wildman–Crippen LogP) is 5.62. The molecular weight excluding hydrogens is 464 g/mol. The molecule has 0 radical (unpaired) electrons. The van der Waals surface area contributed by atoms with Crippen LogP contribution >= 0.6 is 11.8 Å². The first-order valence-electron chi connectivity index (χ1n) is 11.3. The monoisotopic (exact) mass is 494 g/mol. The fraction of sp³-hybridized carbons (Fsp3) is 0.259. The molecule has 0 bridgehead atoms. The minimum absolute atomic E-state index is 0.164. The van der Waals surface area contributed by atoms with Gasteiger partial charge in [0.1, 0.15) is 17.2 Å². The molecule has 3 rings (SSSR count). The summed E-state index contributed by atoms with van der Waals surface area (Å²) in [6.07, 6.45) is 0. The second-order valence-electron chi connectivity index (χ2n) is 7.42. The molecule has 0 atom stereocenters. The number of carbonyl (C=O) groups excluding carboxylic acids is 2. The molecule has 35 heavy (non-hydrogen) atoms. The van der Waals surface area contributed by atoms with E-state index in [-0.39, 0.29) is 17.6 Å². The average Bonchev–Trinajstić information content (AvgIpc) is 2.87. The number of nitrogens with one attached hydrogen (secondary N) is 2. The number of rotatable bonds is 12. The van der Waals surface area contributed by atoms with Gasteiger partial charge in [-0.3, -0.25) is 9.59 Å². The summed E-state index contributed by atoms with van der Waals surface area (Å²) >= 11 is 1.50. The van der Waals surface area contributed by atoms with Crippen molar-refractivity contribution in [3.8, 4) is 17.2 Å². The zero-order valence-corrected chi connectivity index (χ0v) is 20.9. The van der Waals surface area contributed by atoms with Crippen LogP contribution in [0.5, 0.6) is 17.2 Å². The number of ether oxygens (including phenoxy) is 3. The predicted molar refractivity (Wildman–Crippen MR) is 141 cm³/mol. The Labute approximate surface area is 210 Å². The lowest BCUT2D eigenvalue weighted by molar-refractivity contribution is -0.113. The molecule has 3 aromatic carbocycles. The maximum absolute atomic E-state index is 12.7. The lowest BCUT2D eigenvalue weighted by Gasteiger charge is -2.18. The van der Waals surface area contributed by atoms with Crippen molar-refractivity contribution < 1.29 is 23.8 Å². The molecule has 184 valence electrons. The van der Waals surface area contributed by atoms with Crippen LogP contribution < -0.4 is 24.8 Å². The zero-order chi connectivity index (χ0) is 25.0. The molecule has 7 nitrogen and oxygen atoms in total. The van der Waals surface area contributed by atoms with E-state index in [1.165, 1.54) is 11.8 Å². The Balaban J connectivity index is 1.71.